The second-order valence-electron chi connectivity index (χ2n) is 6.87. The van der Waals surface area contributed by atoms with E-state index in [1.165, 1.54) is 5.56 Å². The number of pyridine rings is 1. The molecule has 0 bridgehead atoms. The van der Waals surface area contributed by atoms with Crippen molar-refractivity contribution >= 4 is 11.3 Å². The first kappa shape index (κ1) is 17.2. The van der Waals surface area contributed by atoms with E-state index in [2.05, 4.69) is 14.9 Å². The second kappa shape index (κ2) is 7.26. The van der Waals surface area contributed by atoms with E-state index >= 15 is 0 Å². The van der Waals surface area contributed by atoms with Crippen LogP contribution >= 0.6 is 11.3 Å². The molecule has 28 heavy (non-hydrogen) atoms. The van der Waals surface area contributed by atoms with Gasteiger partial charge in [-0.1, -0.05) is 6.07 Å². The third-order valence-corrected chi connectivity index (χ3v) is 5.79. The second-order valence-corrected chi connectivity index (χ2v) is 7.81. The van der Waals surface area contributed by atoms with Gasteiger partial charge in [-0.15, -0.1) is 11.3 Å². The normalized spacial score (nSPS) is 14.2. The Hall–Kier alpha value is -2.90. The highest BCUT2D eigenvalue weighted by atomic mass is 32.1. The highest BCUT2D eigenvalue weighted by molar-refractivity contribution is 7.13. The number of hydrogen-bond donors (Lipinski definition) is 0. The molecule has 5 heterocycles. The molecule has 1 aliphatic rings. The molecule has 6 nitrogen and oxygen atoms in total. The minimum absolute atomic E-state index is 0.712. The highest BCUT2D eigenvalue weighted by Gasteiger charge is 2.21. The predicted molar refractivity (Wildman–Crippen MR) is 108 cm³/mol. The fraction of sp³-hybridized carbons (Fsp3) is 0.238. The van der Waals surface area contributed by atoms with Gasteiger partial charge in [-0.05, 0) is 30.5 Å². The summed E-state index contributed by atoms with van der Waals surface area (Å²) in [7, 11) is 0. The van der Waals surface area contributed by atoms with Crippen molar-refractivity contribution in [3.05, 3.63) is 70.9 Å². The Bertz CT molecular complexity index is 1090. The molecule has 0 radical (unpaired) electrons. The van der Waals surface area contributed by atoms with E-state index in [9.17, 15) is 0 Å². The van der Waals surface area contributed by atoms with Crippen LogP contribution in [0.15, 0.2) is 52.7 Å². The van der Waals surface area contributed by atoms with E-state index in [4.69, 9.17) is 14.4 Å². The maximum Gasteiger partial charge on any atom is 0.236 e. The van der Waals surface area contributed by atoms with Gasteiger partial charge in [-0.25, -0.2) is 15.0 Å². The molecule has 0 amide bonds. The maximum atomic E-state index is 5.88. The summed E-state index contributed by atoms with van der Waals surface area (Å²) in [5.41, 5.74) is 4.26. The average Bonchev–Trinajstić information content (AvgIpc) is 3.39. The van der Waals surface area contributed by atoms with Crippen molar-refractivity contribution in [3.8, 4) is 22.2 Å². The van der Waals surface area contributed by atoms with E-state index < -0.39 is 0 Å². The van der Waals surface area contributed by atoms with Crippen LogP contribution in [-0.2, 0) is 19.5 Å². The summed E-state index contributed by atoms with van der Waals surface area (Å²) in [6.07, 6.45) is 6.41. The van der Waals surface area contributed by atoms with Crippen LogP contribution in [0.25, 0.3) is 22.2 Å². The van der Waals surface area contributed by atoms with Gasteiger partial charge in [0.2, 0.25) is 5.89 Å². The maximum absolute atomic E-state index is 5.88. The Balaban J connectivity index is 1.33. The number of nitrogens with zero attached hydrogens (tertiary/aromatic N) is 5. The molecule has 5 rings (SSSR count). The zero-order chi connectivity index (χ0) is 18.9. The van der Waals surface area contributed by atoms with Crippen molar-refractivity contribution in [2.75, 3.05) is 6.54 Å². The molecule has 0 saturated carbocycles. The number of oxazole rings is 1. The summed E-state index contributed by atoms with van der Waals surface area (Å²) in [4.78, 5) is 21.6. The molecule has 0 atom stereocenters. The summed E-state index contributed by atoms with van der Waals surface area (Å²) in [5, 5.41) is 2.04. The number of aromatic nitrogens is 4. The standard InChI is InChI=1S/C21H19N5OS/c1-14-18(25-21(27-14)19-5-3-9-28-19)13-26-8-6-17-16(12-26)11-23-20(24-17)15-4-2-7-22-10-15/h2-5,7,9-11H,6,8,12-13H2,1H3. The lowest BCUT2D eigenvalue weighted by molar-refractivity contribution is 0.239. The van der Waals surface area contributed by atoms with Gasteiger partial charge in [-0.3, -0.25) is 9.88 Å². The van der Waals surface area contributed by atoms with Crippen molar-refractivity contribution in [1.82, 2.24) is 24.8 Å². The van der Waals surface area contributed by atoms with Crippen molar-refractivity contribution in [2.24, 2.45) is 0 Å². The lowest BCUT2D eigenvalue weighted by atomic mass is 10.1. The molecule has 0 aliphatic carbocycles. The Morgan fingerprint density at radius 1 is 1.18 bits per heavy atom. The van der Waals surface area contributed by atoms with Crippen molar-refractivity contribution in [2.45, 2.75) is 26.4 Å². The largest absolute Gasteiger partial charge is 0.440 e. The predicted octanol–water partition coefficient (Wildman–Crippen LogP) is 4.12. The van der Waals surface area contributed by atoms with Gasteiger partial charge in [-0.2, -0.15) is 0 Å². The van der Waals surface area contributed by atoms with Crippen LogP contribution in [0, 0.1) is 6.92 Å². The first-order valence-electron chi connectivity index (χ1n) is 9.24. The molecule has 4 aromatic heterocycles. The topological polar surface area (TPSA) is 67.9 Å². The zero-order valence-corrected chi connectivity index (χ0v) is 16.3. The average molecular weight is 389 g/mol. The van der Waals surface area contributed by atoms with Gasteiger partial charge in [0, 0.05) is 55.8 Å². The molecular formula is C21H19N5OS. The summed E-state index contributed by atoms with van der Waals surface area (Å²) in [6.45, 7) is 4.52. The minimum atomic E-state index is 0.712. The molecule has 7 heteroatoms. The molecule has 0 saturated heterocycles. The van der Waals surface area contributed by atoms with Crippen LogP contribution in [0.1, 0.15) is 22.7 Å². The molecule has 0 fully saturated rings. The highest BCUT2D eigenvalue weighted by Crippen LogP contribution is 2.27. The molecule has 0 aromatic carbocycles. The molecule has 4 aromatic rings. The molecule has 1 aliphatic heterocycles. The van der Waals surface area contributed by atoms with Crippen LogP contribution in [0.4, 0.5) is 0 Å². The SMILES string of the molecule is Cc1oc(-c2cccs2)nc1CN1CCc2nc(-c3cccnc3)ncc2C1. The van der Waals surface area contributed by atoms with Crippen LogP contribution in [0.3, 0.4) is 0 Å². The first-order chi connectivity index (χ1) is 13.8. The van der Waals surface area contributed by atoms with Crippen LogP contribution < -0.4 is 0 Å². The van der Waals surface area contributed by atoms with E-state index in [1.54, 1.807) is 23.7 Å². The van der Waals surface area contributed by atoms with E-state index in [0.29, 0.717) is 5.89 Å². The monoisotopic (exact) mass is 389 g/mol. The van der Waals surface area contributed by atoms with Crippen LogP contribution in [-0.4, -0.2) is 31.4 Å². The summed E-state index contributed by atoms with van der Waals surface area (Å²) in [6, 6.07) is 7.95. The van der Waals surface area contributed by atoms with Crippen LogP contribution in [0.5, 0.6) is 0 Å². The van der Waals surface area contributed by atoms with Gasteiger partial charge in [0.05, 0.1) is 16.3 Å². The first-order valence-corrected chi connectivity index (χ1v) is 10.1. The molecule has 0 spiro atoms. The minimum Gasteiger partial charge on any atom is -0.440 e. The van der Waals surface area contributed by atoms with Gasteiger partial charge in [0.25, 0.3) is 0 Å². The lowest BCUT2D eigenvalue weighted by Crippen LogP contribution is -2.31. The van der Waals surface area contributed by atoms with Gasteiger partial charge >= 0.3 is 0 Å². The van der Waals surface area contributed by atoms with Crippen molar-refractivity contribution in [1.29, 1.82) is 0 Å². The fourth-order valence-electron chi connectivity index (χ4n) is 3.44. The number of fused-ring (bicyclic) bond motifs is 1. The smallest absolute Gasteiger partial charge is 0.236 e. The third kappa shape index (κ3) is 3.34. The number of aryl methyl sites for hydroxylation is 1. The molecule has 140 valence electrons. The quantitative estimate of drug-likeness (QED) is 0.523. The van der Waals surface area contributed by atoms with Gasteiger partial charge < -0.3 is 4.42 Å². The van der Waals surface area contributed by atoms with Gasteiger partial charge in [0.15, 0.2) is 5.82 Å². The number of rotatable bonds is 4. The van der Waals surface area contributed by atoms with Crippen molar-refractivity contribution in [3.63, 3.8) is 0 Å². The third-order valence-electron chi connectivity index (χ3n) is 4.93. The fourth-order valence-corrected chi connectivity index (χ4v) is 4.08. The molecule has 0 N–H and O–H groups in total. The number of hydrogen-bond acceptors (Lipinski definition) is 7. The van der Waals surface area contributed by atoms with E-state index in [1.807, 2.05) is 42.8 Å². The Morgan fingerprint density at radius 2 is 2.14 bits per heavy atom. The Morgan fingerprint density at radius 3 is 2.96 bits per heavy atom. The zero-order valence-electron chi connectivity index (χ0n) is 15.5. The number of thiophene rings is 1. The van der Waals surface area contributed by atoms with Gasteiger partial charge in [0.1, 0.15) is 5.76 Å². The molecule has 0 unspecified atom stereocenters. The van der Waals surface area contributed by atoms with E-state index in [0.717, 1.165) is 59.5 Å². The lowest BCUT2D eigenvalue weighted by Gasteiger charge is -2.27. The summed E-state index contributed by atoms with van der Waals surface area (Å²) >= 11 is 1.64. The Labute approximate surface area is 166 Å². The van der Waals surface area contributed by atoms with E-state index in [-0.39, 0.29) is 0 Å². The molecular weight excluding hydrogens is 370 g/mol. The Kier molecular flexibility index (Phi) is 4.46. The summed E-state index contributed by atoms with van der Waals surface area (Å²) in [5.74, 6) is 2.34. The summed E-state index contributed by atoms with van der Waals surface area (Å²) < 4.78 is 5.88. The van der Waals surface area contributed by atoms with Crippen molar-refractivity contribution < 1.29 is 4.42 Å². The van der Waals surface area contributed by atoms with Crippen LogP contribution in [0.2, 0.25) is 0 Å².